The minimum atomic E-state index is -1.08. The van der Waals surface area contributed by atoms with E-state index in [1.54, 1.807) is 24.3 Å². The van der Waals surface area contributed by atoms with Crippen LogP contribution in [0.25, 0.3) is 0 Å². The van der Waals surface area contributed by atoms with E-state index in [2.05, 4.69) is 0 Å². The maximum atomic E-state index is 13.0. The first-order valence-electron chi connectivity index (χ1n) is 6.19. The lowest BCUT2D eigenvalue weighted by atomic mass is 10.1. The molecular formula is C16H12F2O3. The van der Waals surface area contributed by atoms with Gasteiger partial charge in [0.15, 0.2) is 29.8 Å². The second-order valence-corrected chi connectivity index (χ2v) is 4.42. The summed E-state index contributed by atoms with van der Waals surface area (Å²) in [6, 6.07) is 9.22. The molecule has 0 fully saturated rings. The van der Waals surface area contributed by atoms with Crippen molar-refractivity contribution in [3.05, 3.63) is 65.2 Å². The molecular weight excluding hydrogens is 278 g/mol. The molecule has 2 aromatic carbocycles. The number of ether oxygens (including phenoxy) is 1. The van der Waals surface area contributed by atoms with Crippen molar-refractivity contribution < 1.29 is 23.1 Å². The van der Waals surface area contributed by atoms with Crippen LogP contribution in [0.5, 0.6) is 5.75 Å². The van der Waals surface area contributed by atoms with E-state index >= 15 is 0 Å². The number of carbonyl (C=O) groups excluding carboxylic acids is 2. The Bertz CT molecular complexity index is 678. The van der Waals surface area contributed by atoms with Gasteiger partial charge in [0.25, 0.3) is 0 Å². The summed E-state index contributed by atoms with van der Waals surface area (Å²) in [5.41, 5.74) is 0.573. The Morgan fingerprint density at radius 1 is 0.952 bits per heavy atom. The van der Waals surface area contributed by atoms with Crippen LogP contribution in [0.3, 0.4) is 0 Å². The van der Waals surface area contributed by atoms with Crippen molar-refractivity contribution in [3.8, 4) is 5.75 Å². The molecule has 0 radical (unpaired) electrons. The van der Waals surface area contributed by atoms with Gasteiger partial charge in [-0.2, -0.15) is 0 Å². The van der Waals surface area contributed by atoms with Crippen molar-refractivity contribution >= 4 is 11.6 Å². The molecule has 0 heterocycles. The Morgan fingerprint density at radius 3 is 2.14 bits per heavy atom. The normalized spacial score (nSPS) is 10.2. The van der Waals surface area contributed by atoms with Gasteiger partial charge in [0.05, 0.1) is 0 Å². The first kappa shape index (κ1) is 14.8. The highest BCUT2D eigenvalue weighted by atomic mass is 19.2. The Kier molecular flexibility index (Phi) is 4.42. The van der Waals surface area contributed by atoms with E-state index in [0.29, 0.717) is 11.3 Å². The van der Waals surface area contributed by atoms with Gasteiger partial charge in [-0.1, -0.05) is 0 Å². The smallest absolute Gasteiger partial charge is 0.200 e. The molecule has 0 aliphatic carbocycles. The largest absolute Gasteiger partial charge is 0.485 e. The topological polar surface area (TPSA) is 43.4 Å². The molecule has 2 aromatic rings. The van der Waals surface area contributed by atoms with Gasteiger partial charge in [0.2, 0.25) is 0 Å². The highest BCUT2D eigenvalue weighted by Crippen LogP contribution is 2.14. The molecule has 0 amide bonds. The number of hydrogen-bond donors (Lipinski definition) is 0. The maximum Gasteiger partial charge on any atom is 0.200 e. The van der Waals surface area contributed by atoms with Gasteiger partial charge in [0.1, 0.15) is 5.75 Å². The molecule has 0 bridgehead atoms. The highest BCUT2D eigenvalue weighted by Gasteiger charge is 2.10. The summed E-state index contributed by atoms with van der Waals surface area (Å²) < 4.78 is 31.0. The SMILES string of the molecule is CC(=O)c1ccc(OCC(=O)c2ccc(F)c(F)c2)cc1. The van der Waals surface area contributed by atoms with Crippen molar-refractivity contribution in [2.75, 3.05) is 6.61 Å². The second-order valence-electron chi connectivity index (χ2n) is 4.42. The summed E-state index contributed by atoms with van der Waals surface area (Å²) in [6.45, 7) is 1.15. The van der Waals surface area contributed by atoms with E-state index in [1.165, 1.54) is 13.0 Å². The van der Waals surface area contributed by atoms with Gasteiger partial charge in [0, 0.05) is 11.1 Å². The van der Waals surface area contributed by atoms with E-state index in [-0.39, 0.29) is 18.0 Å². The number of halogens is 2. The minimum absolute atomic E-state index is 0.0363. The molecule has 0 atom stereocenters. The molecule has 0 saturated heterocycles. The van der Waals surface area contributed by atoms with Gasteiger partial charge in [-0.25, -0.2) is 8.78 Å². The first-order valence-corrected chi connectivity index (χ1v) is 6.19. The molecule has 5 heteroatoms. The van der Waals surface area contributed by atoms with E-state index in [4.69, 9.17) is 4.74 Å². The molecule has 0 unspecified atom stereocenters. The molecule has 0 N–H and O–H groups in total. The molecule has 0 saturated carbocycles. The number of rotatable bonds is 5. The standard InChI is InChI=1S/C16H12F2O3/c1-10(19)11-2-5-13(6-3-11)21-9-16(20)12-4-7-14(17)15(18)8-12/h2-8H,9H2,1H3. The molecule has 0 aliphatic rings. The van der Waals surface area contributed by atoms with Crippen LogP contribution in [0, 0.1) is 11.6 Å². The van der Waals surface area contributed by atoms with Crippen LogP contribution in [-0.4, -0.2) is 18.2 Å². The van der Waals surface area contributed by atoms with Gasteiger partial charge in [-0.15, -0.1) is 0 Å². The maximum absolute atomic E-state index is 13.0. The molecule has 2 rings (SSSR count). The number of carbonyl (C=O) groups is 2. The fourth-order valence-corrected chi connectivity index (χ4v) is 1.69. The van der Waals surface area contributed by atoms with Crippen LogP contribution in [-0.2, 0) is 0 Å². The molecule has 0 aliphatic heterocycles. The second kappa shape index (κ2) is 6.26. The Labute approximate surface area is 120 Å². The van der Waals surface area contributed by atoms with Gasteiger partial charge in [-0.3, -0.25) is 9.59 Å². The van der Waals surface area contributed by atoms with Gasteiger partial charge in [-0.05, 0) is 49.4 Å². The predicted molar refractivity (Wildman–Crippen MR) is 72.6 cm³/mol. The highest BCUT2D eigenvalue weighted by molar-refractivity contribution is 5.97. The number of hydrogen-bond acceptors (Lipinski definition) is 3. The van der Waals surface area contributed by atoms with E-state index in [9.17, 15) is 18.4 Å². The van der Waals surface area contributed by atoms with Crippen molar-refractivity contribution in [2.45, 2.75) is 6.92 Å². The quantitative estimate of drug-likeness (QED) is 0.792. The summed E-state index contributed by atoms with van der Waals surface area (Å²) in [5.74, 6) is -2.21. The third kappa shape index (κ3) is 3.72. The summed E-state index contributed by atoms with van der Waals surface area (Å²) in [7, 11) is 0. The average molecular weight is 290 g/mol. The Balaban J connectivity index is 2.00. The molecule has 108 valence electrons. The number of benzene rings is 2. The lowest BCUT2D eigenvalue weighted by Gasteiger charge is -2.06. The van der Waals surface area contributed by atoms with Crippen molar-refractivity contribution in [1.29, 1.82) is 0 Å². The van der Waals surface area contributed by atoms with Crippen molar-refractivity contribution in [2.24, 2.45) is 0 Å². The Morgan fingerprint density at radius 2 is 1.57 bits per heavy atom. The zero-order valence-corrected chi connectivity index (χ0v) is 11.2. The van der Waals surface area contributed by atoms with Gasteiger partial charge >= 0.3 is 0 Å². The molecule has 3 nitrogen and oxygen atoms in total. The third-order valence-corrected chi connectivity index (χ3v) is 2.87. The minimum Gasteiger partial charge on any atom is -0.485 e. The summed E-state index contributed by atoms with van der Waals surface area (Å²) in [4.78, 5) is 22.9. The lowest BCUT2D eigenvalue weighted by molar-refractivity contribution is 0.0920. The van der Waals surface area contributed by atoms with E-state index in [0.717, 1.165) is 12.1 Å². The van der Waals surface area contributed by atoms with Crippen molar-refractivity contribution in [1.82, 2.24) is 0 Å². The van der Waals surface area contributed by atoms with Crippen molar-refractivity contribution in [3.63, 3.8) is 0 Å². The van der Waals surface area contributed by atoms with Crippen LogP contribution in [0.4, 0.5) is 8.78 Å². The summed E-state index contributed by atoms with van der Waals surface area (Å²) in [6.07, 6.45) is 0. The lowest BCUT2D eigenvalue weighted by Crippen LogP contribution is -2.12. The monoisotopic (exact) mass is 290 g/mol. The third-order valence-electron chi connectivity index (χ3n) is 2.87. The number of ketones is 2. The molecule has 0 spiro atoms. The predicted octanol–water partition coefficient (Wildman–Crippen LogP) is 3.43. The summed E-state index contributed by atoms with van der Waals surface area (Å²) >= 11 is 0. The van der Waals surface area contributed by atoms with E-state index in [1.807, 2.05) is 0 Å². The Hall–Kier alpha value is -2.56. The zero-order valence-electron chi connectivity index (χ0n) is 11.2. The van der Waals surface area contributed by atoms with Crippen LogP contribution < -0.4 is 4.74 Å². The fourth-order valence-electron chi connectivity index (χ4n) is 1.69. The van der Waals surface area contributed by atoms with Crippen LogP contribution >= 0.6 is 0 Å². The number of Topliss-reactive ketones (excluding diaryl/α,β-unsaturated/α-hetero) is 2. The van der Waals surface area contributed by atoms with Crippen LogP contribution in [0.1, 0.15) is 27.6 Å². The summed E-state index contributed by atoms with van der Waals surface area (Å²) in [5, 5.41) is 0. The fraction of sp³-hybridized carbons (Fsp3) is 0.125. The average Bonchev–Trinajstić information content (AvgIpc) is 2.48. The molecule has 21 heavy (non-hydrogen) atoms. The van der Waals surface area contributed by atoms with Gasteiger partial charge < -0.3 is 4.74 Å². The first-order chi connectivity index (χ1) is 9.97. The van der Waals surface area contributed by atoms with Crippen LogP contribution in [0.2, 0.25) is 0 Å². The molecule has 0 aromatic heterocycles. The van der Waals surface area contributed by atoms with E-state index < -0.39 is 17.4 Å². The zero-order chi connectivity index (χ0) is 15.4. The van der Waals surface area contributed by atoms with Crippen LogP contribution in [0.15, 0.2) is 42.5 Å².